The first-order chi connectivity index (χ1) is 14.6. The fourth-order valence-electron chi connectivity index (χ4n) is 3.14. The van der Waals surface area contributed by atoms with E-state index < -0.39 is 11.7 Å². The zero-order chi connectivity index (χ0) is 20.7. The van der Waals surface area contributed by atoms with Gasteiger partial charge in [0.15, 0.2) is 5.76 Å². The highest BCUT2D eigenvalue weighted by Crippen LogP contribution is 2.30. The van der Waals surface area contributed by atoms with Crippen molar-refractivity contribution >= 4 is 34.0 Å². The van der Waals surface area contributed by atoms with Crippen molar-refractivity contribution in [2.45, 2.75) is 6.92 Å². The summed E-state index contributed by atoms with van der Waals surface area (Å²) in [7, 11) is 0. The van der Waals surface area contributed by atoms with Crippen molar-refractivity contribution in [2.75, 3.05) is 5.32 Å². The number of aryl methyl sites for hydroxylation is 1. The van der Waals surface area contributed by atoms with Crippen molar-refractivity contribution in [2.24, 2.45) is 0 Å². The Labute approximate surface area is 174 Å². The molecule has 3 heterocycles. The second-order valence-corrected chi connectivity index (χ2v) is 7.55. The van der Waals surface area contributed by atoms with E-state index in [-0.39, 0.29) is 5.56 Å². The van der Waals surface area contributed by atoms with Crippen LogP contribution in [0.4, 0.5) is 10.2 Å². The number of amides is 1. The molecule has 148 valence electrons. The van der Waals surface area contributed by atoms with Crippen LogP contribution >= 0.6 is 11.3 Å². The first-order valence-electron chi connectivity index (χ1n) is 9.15. The molecule has 6 nitrogen and oxygen atoms in total. The van der Waals surface area contributed by atoms with Crippen LogP contribution in [0.25, 0.3) is 27.6 Å². The number of para-hydroxylation sites is 1. The molecule has 0 spiro atoms. The zero-order valence-electron chi connectivity index (χ0n) is 15.8. The molecular formula is C22H15FN4O2S. The third-order valence-electron chi connectivity index (χ3n) is 4.51. The van der Waals surface area contributed by atoms with E-state index in [0.29, 0.717) is 28.1 Å². The minimum atomic E-state index is -0.470. The lowest BCUT2D eigenvalue weighted by atomic mass is 10.2. The van der Waals surface area contributed by atoms with E-state index in [4.69, 9.17) is 4.42 Å². The largest absolute Gasteiger partial charge is 0.454 e. The molecule has 1 amide bonds. The highest BCUT2D eigenvalue weighted by molar-refractivity contribution is 7.12. The summed E-state index contributed by atoms with van der Waals surface area (Å²) < 4.78 is 20.9. The van der Waals surface area contributed by atoms with Gasteiger partial charge in [-0.25, -0.2) is 9.37 Å². The average Bonchev–Trinajstić information content (AvgIpc) is 3.45. The van der Waals surface area contributed by atoms with Crippen LogP contribution in [0.3, 0.4) is 0 Å². The Morgan fingerprint density at radius 2 is 2.00 bits per heavy atom. The number of anilines is 1. The fourth-order valence-corrected chi connectivity index (χ4v) is 3.91. The zero-order valence-corrected chi connectivity index (χ0v) is 16.6. The van der Waals surface area contributed by atoms with Crippen molar-refractivity contribution in [1.29, 1.82) is 0 Å². The molecule has 0 unspecified atom stereocenters. The second-order valence-electron chi connectivity index (χ2n) is 6.71. The van der Waals surface area contributed by atoms with E-state index in [2.05, 4.69) is 15.4 Å². The van der Waals surface area contributed by atoms with Crippen LogP contribution in [0.1, 0.15) is 16.1 Å². The van der Waals surface area contributed by atoms with Gasteiger partial charge in [-0.3, -0.25) is 4.79 Å². The molecule has 0 radical (unpaired) electrons. The van der Waals surface area contributed by atoms with Gasteiger partial charge in [-0.2, -0.15) is 9.78 Å². The van der Waals surface area contributed by atoms with Gasteiger partial charge in [0.1, 0.15) is 22.9 Å². The summed E-state index contributed by atoms with van der Waals surface area (Å²) in [5, 5.41) is 10.7. The molecule has 2 aromatic carbocycles. The third kappa shape index (κ3) is 3.37. The number of hydrogen-bond acceptors (Lipinski definition) is 5. The predicted octanol–water partition coefficient (Wildman–Crippen LogP) is 5.44. The number of nitrogens with one attached hydrogen (secondary N) is 1. The Balaban J connectivity index is 1.46. The maximum atomic E-state index is 13.4. The molecular weight excluding hydrogens is 403 g/mol. The lowest BCUT2D eigenvalue weighted by Crippen LogP contribution is -2.15. The number of thiazole rings is 1. The predicted molar refractivity (Wildman–Crippen MR) is 114 cm³/mol. The molecule has 0 saturated heterocycles. The highest BCUT2D eigenvalue weighted by Gasteiger charge is 2.17. The van der Waals surface area contributed by atoms with Gasteiger partial charge in [0.25, 0.3) is 5.91 Å². The van der Waals surface area contributed by atoms with Gasteiger partial charge >= 0.3 is 0 Å². The quantitative estimate of drug-likeness (QED) is 0.422. The number of furan rings is 1. The number of aromatic nitrogens is 3. The average molecular weight is 418 g/mol. The summed E-state index contributed by atoms with van der Waals surface area (Å²) >= 11 is 1.38. The molecule has 8 heteroatoms. The minimum Gasteiger partial charge on any atom is -0.454 e. The Hall–Kier alpha value is -3.78. The smallest absolute Gasteiger partial charge is 0.256 e. The van der Waals surface area contributed by atoms with Crippen LogP contribution < -0.4 is 5.32 Å². The molecule has 0 aliphatic heterocycles. The van der Waals surface area contributed by atoms with E-state index in [0.717, 1.165) is 11.0 Å². The molecule has 0 atom stereocenters. The van der Waals surface area contributed by atoms with Crippen molar-refractivity contribution in [3.63, 3.8) is 0 Å². The van der Waals surface area contributed by atoms with Gasteiger partial charge in [-0.15, -0.1) is 11.3 Å². The molecule has 1 N–H and O–H groups in total. The van der Waals surface area contributed by atoms with E-state index in [1.165, 1.54) is 29.5 Å². The van der Waals surface area contributed by atoms with Crippen LogP contribution in [-0.2, 0) is 0 Å². The van der Waals surface area contributed by atoms with E-state index in [1.807, 2.05) is 42.6 Å². The van der Waals surface area contributed by atoms with Gasteiger partial charge in [0.2, 0.25) is 5.13 Å². The van der Waals surface area contributed by atoms with Gasteiger partial charge < -0.3 is 9.73 Å². The number of fused-ring (bicyclic) bond motifs is 1. The molecule has 0 aliphatic carbocycles. The van der Waals surface area contributed by atoms with E-state index in [9.17, 15) is 9.18 Å². The third-order valence-corrected chi connectivity index (χ3v) is 5.33. The first-order valence-corrected chi connectivity index (χ1v) is 10.0. The SMILES string of the molecule is Cc1cc(NC(=O)c2cccc(F)c2)n(-c2nc(-c3cc4ccccc4o3)cs2)n1. The standard InChI is InChI=1S/C22H15FN4O2S/c1-13-9-20(25-21(28)15-6-4-7-16(23)10-15)27(26-13)22-24-17(12-30-22)19-11-14-5-2-3-8-18(14)29-19/h2-12H,1H3,(H,25,28). The van der Waals surface area contributed by atoms with Crippen molar-refractivity contribution in [3.05, 3.63) is 83.1 Å². The maximum absolute atomic E-state index is 13.4. The first kappa shape index (κ1) is 18.3. The Morgan fingerprint density at radius 1 is 1.13 bits per heavy atom. The molecule has 30 heavy (non-hydrogen) atoms. The number of benzene rings is 2. The topological polar surface area (TPSA) is 73.0 Å². The fraction of sp³-hybridized carbons (Fsp3) is 0.0455. The Kier molecular flexibility index (Phi) is 4.40. The maximum Gasteiger partial charge on any atom is 0.256 e. The van der Waals surface area contributed by atoms with Crippen LogP contribution in [0, 0.1) is 12.7 Å². The number of rotatable bonds is 4. The number of halogens is 1. The van der Waals surface area contributed by atoms with Gasteiger partial charge in [0, 0.05) is 22.4 Å². The summed E-state index contributed by atoms with van der Waals surface area (Å²) in [6.45, 7) is 1.82. The lowest BCUT2D eigenvalue weighted by molar-refractivity contribution is 0.102. The molecule has 0 aliphatic rings. The Bertz CT molecular complexity index is 1350. The van der Waals surface area contributed by atoms with Gasteiger partial charge in [-0.1, -0.05) is 24.3 Å². The molecule has 0 bridgehead atoms. The molecule has 5 aromatic rings. The number of hydrogen-bond donors (Lipinski definition) is 1. The number of nitrogens with zero attached hydrogens (tertiary/aromatic N) is 3. The molecule has 0 saturated carbocycles. The highest BCUT2D eigenvalue weighted by atomic mass is 32.1. The van der Waals surface area contributed by atoms with Crippen molar-refractivity contribution in [1.82, 2.24) is 14.8 Å². The summed E-state index contributed by atoms with van der Waals surface area (Å²) in [5.41, 5.74) is 2.41. The molecule has 5 rings (SSSR count). The molecule has 0 fully saturated rings. The van der Waals surface area contributed by atoms with Crippen LogP contribution in [0.2, 0.25) is 0 Å². The van der Waals surface area contributed by atoms with Crippen LogP contribution in [-0.4, -0.2) is 20.7 Å². The lowest BCUT2D eigenvalue weighted by Gasteiger charge is -2.06. The molecule has 3 aromatic heterocycles. The van der Waals surface area contributed by atoms with Crippen molar-refractivity contribution < 1.29 is 13.6 Å². The number of carbonyl (C=O) groups excluding carboxylic acids is 1. The monoisotopic (exact) mass is 418 g/mol. The summed E-state index contributed by atoms with van der Waals surface area (Å²) in [5.74, 6) is 0.215. The van der Waals surface area contributed by atoms with Gasteiger partial charge in [0.05, 0.1) is 5.69 Å². The second kappa shape index (κ2) is 7.23. The van der Waals surface area contributed by atoms with E-state index in [1.54, 1.807) is 16.8 Å². The number of carbonyl (C=O) groups is 1. The minimum absolute atomic E-state index is 0.225. The van der Waals surface area contributed by atoms with Gasteiger partial charge in [-0.05, 0) is 37.3 Å². The summed E-state index contributed by atoms with van der Waals surface area (Å²) in [4.78, 5) is 17.2. The Morgan fingerprint density at radius 3 is 2.83 bits per heavy atom. The van der Waals surface area contributed by atoms with Crippen molar-refractivity contribution in [3.8, 4) is 16.6 Å². The summed E-state index contributed by atoms with van der Waals surface area (Å²) in [6, 6.07) is 17.0. The van der Waals surface area contributed by atoms with Crippen LogP contribution in [0.15, 0.2) is 70.5 Å². The van der Waals surface area contributed by atoms with Crippen LogP contribution in [0.5, 0.6) is 0 Å². The summed E-state index contributed by atoms with van der Waals surface area (Å²) in [6.07, 6.45) is 0. The normalized spacial score (nSPS) is 11.1. The van der Waals surface area contributed by atoms with E-state index >= 15 is 0 Å².